The summed E-state index contributed by atoms with van der Waals surface area (Å²) in [6.07, 6.45) is 11.1. The van der Waals surface area contributed by atoms with E-state index in [9.17, 15) is 13.2 Å². The maximum absolute atomic E-state index is 13.2. The Kier molecular flexibility index (Phi) is 8.97. The number of ketones is 1. The normalized spacial score (nSPS) is 16.5. The number of aliphatic hydroxyl groups excluding tert-OH is 1. The molecule has 0 unspecified atom stereocenters. The average molecular weight is 527 g/mol. The number of aromatic nitrogens is 2. The van der Waals surface area contributed by atoms with Gasteiger partial charge in [-0.25, -0.2) is 23.1 Å². The number of rotatable bonds is 13. The number of allylic oxidation sites excluding steroid dienone is 1. The van der Waals surface area contributed by atoms with E-state index in [0.717, 1.165) is 29.4 Å². The number of aliphatic hydroxyl groups is 1. The molecule has 1 aromatic heterocycles. The molecule has 8 nitrogen and oxygen atoms in total. The lowest BCUT2D eigenvalue weighted by Gasteiger charge is -2.35. The minimum atomic E-state index is -3.68. The van der Waals surface area contributed by atoms with E-state index < -0.39 is 10.0 Å². The molecular weight excluding hydrogens is 488 g/mol. The molecule has 2 aliphatic rings. The van der Waals surface area contributed by atoms with Crippen LogP contribution in [0.2, 0.25) is 0 Å². The standard InChI is InChI=1S/C28H38N4O4S/c1-20-15-25(37(35,36)31-14-6-7-21(2)33)13-12-23(20)16-27(34)26-17-28(30-19-29-26)32(18-22-10-11-22)24-8-4-3-5-9-24/h12-13,15,17,19,22,24,31,33H,2-11,14,16,18H2,1H3. The third-order valence-corrected chi connectivity index (χ3v) is 8.77. The fourth-order valence-corrected chi connectivity index (χ4v) is 6.10. The van der Waals surface area contributed by atoms with Crippen molar-refractivity contribution in [2.75, 3.05) is 18.0 Å². The van der Waals surface area contributed by atoms with E-state index in [4.69, 9.17) is 5.11 Å². The molecule has 37 heavy (non-hydrogen) atoms. The number of Topliss-reactive ketones (excluding diaryl/α,β-unsaturated/α-hetero) is 1. The zero-order valence-corrected chi connectivity index (χ0v) is 22.5. The van der Waals surface area contributed by atoms with Gasteiger partial charge in [0.1, 0.15) is 17.8 Å². The largest absolute Gasteiger partial charge is 0.513 e. The van der Waals surface area contributed by atoms with E-state index in [1.54, 1.807) is 12.1 Å². The SMILES string of the molecule is C=C(O)CCCNS(=O)(=O)c1ccc(CC(=O)c2cc(N(CC3CC3)C3CCCCC3)ncn2)c(C)c1. The minimum absolute atomic E-state index is 0.0319. The van der Waals surface area contributed by atoms with Crippen LogP contribution in [0.5, 0.6) is 0 Å². The molecule has 2 aromatic rings. The molecule has 2 fully saturated rings. The first kappa shape index (κ1) is 27.3. The van der Waals surface area contributed by atoms with Crippen molar-refractivity contribution in [1.82, 2.24) is 14.7 Å². The Morgan fingerprint density at radius 1 is 1.14 bits per heavy atom. The van der Waals surface area contributed by atoms with Crippen molar-refractivity contribution in [3.8, 4) is 0 Å². The van der Waals surface area contributed by atoms with Gasteiger partial charge in [0.25, 0.3) is 0 Å². The Hall–Kier alpha value is -2.78. The maximum Gasteiger partial charge on any atom is 0.240 e. The number of carbonyl (C=O) groups excluding carboxylic acids is 1. The molecule has 0 radical (unpaired) electrons. The van der Waals surface area contributed by atoms with E-state index >= 15 is 0 Å². The number of anilines is 1. The van der Waals surface area contributed by atoms with Crippen LogP contribution in [0.1, 0.15) is 79.4 Å². The van der Waals surface area contributed by atoms with Gasteiger partial charge in [-0.2, -0.15) is 0 Å². The highest BCUT2D eigenvalue weighted by molar-refractivity contribution is 7.89. The Balaban J connectivity index is 1.44. The number of aryl methyl sites for hydroxylation is 1. The molecule has 0 aliphatic heterocycles. The fourth-order valence-electron chi connectivity index (χ4n) is 4.94. The Labute approximate surface area is 220 Å². The summed E-state index contributed by atoms with van der Waals surface area (Å²) in [5.74, 6) is 1.48. The highest BCUT2D eigenvalue weighted by Crippen LogP contribution is 2.34. The van der Waals surface area contributed by atoms with Gasteiger partial charge in [0.15, 0.2) is 5.78 Å². The minimum Gasteiger partial charge on any atom is -0.513 e. The number of nitrogens with zero attached hydrogens (tertiary/aromatic N) is 3. The molecule has 0 atom stereocenters. The maximum atomic E-state index is 13.2. The van der Waals surface area contributed by atoms with Gasteiger partial charge in [-0.05, 0) is 68.2 Å². The number of nitrogens with one attached hydrogen (secondary N) is 1. The third kappa shape index (κ3) is 7.61. The van der Waals surface area contributed by atoms with Crippen molar-refractivity contribution in [2.45, 2.75) is 82.1 Å². The molecule has 4 rings (SSSR count). The van der Waals surface area contributed by atoms with Gasteiger partial charge in [-0.3, -0.25) is 4.79 Å². The summed E-state index contributed by atoms with van der Waals surface area (Å²) < 4.78 is 27.8. The van der Waals surface area contributed by atoms with Crippen LogP contribution in [-0.4, -0.2) is 48.4 Å². The Morgan fingerprint density at radius 2 is 1.89 bits per heavy atom. The lowest BCUT2D eigenvalue weighted by molar-refractivity contribution is 0.0988. The van der Waals surface area contributed by atoms with Crippen molar-refractivity contribution in [3.05, 3.63) is 59.8 Å². The first-order chi connectivity index (χ1) is 17.7. The number of hydrogen-bond donors (Lipinski definition) is 2. The first-order valence-electron chi connectivity index (χ1n) is 13.3. The van der Waals surface area contributed by atoms with E-state index in [1.807, 2.05) is 13.0 Å². The van der Waals surface area contributed by atoms with Gasteiger partial charge in [0.2, 0.25) is 10.0 Å². The van der Waals surface area contributed by atoms with Crippen LogP contribution >= 0.6 is 0 Å². The summed E-state index contributed by atoms with van der Waals surface area (Å²) in [4.78, 5) is 24.6. The number of carbonyl (C=O) groups is 1. The summed E-state index contributed by atoms with van der Waals surface area (Å²) in [6.45, 7) is 6.41. The zero-order chi connectivity index (χ0) is 26.4. The first-order valence-corrected chi connectivity index (χ1v) is 14.8. The molecule has 2 aliphatic carbocycles. The van der Waals surface area contributed by atoms with Crippen molar-refractivity contribution >= 4 is 21.6 Å². The molecule has 9 heteroatoms. The summed E-state index contributed by atoms with van der Waals surface area (Å²) in [5, 5.41) is 9.15. The smallest absolute Gasteiger partial charge is 0.240 e. The summed E-state index contributed by atoms with van der Waals surface area (Å²) in [7, 11) is -3.68. The molecule has 2 N–H and O–H groups in total. The Morgan fingerprint density at radius 3 is 2.57 bits per heavy atom. The van der Waals surface area contributed by atoms with Gasteiger partial charge in [0, 0.05) is 38.0 Å². The second kappa shape index (κ2) is 12.2. The van der Waals surface area contributed by atoms with E-state index in [1.165, 1.54) is 57.3 Å². The van der Waals surface area contributed by atoms with E-state index in [0.29, 0.717) is 24.6 Å². The second-order valence-corrected chi connectivity index (χ2v) is 12.2. The Bertz CT molecular complexity index is 1220. The van der Waals surface area contributed by atoms with Crippen LogP contribution in [0.15, 0.2) is 47.8 Å². The van der Waals surface area contributed by atoms with Gasteiger partial charge in [-0.1, -0.05) is 31.9 Å². The van der Waals surface area contributed by atoms with Crippen molar-refractivity contribution in [3.63, 3.8) is 0 Å². The molecule has 0 bridgehead atoms. The topological polar surface area (TPSA) is 112 Å². The van der Waals surface area contributed by atoms with Crippen molar-refractivity contribution in [1.29, 1.82) is 0 Å². The number of benzene rings is 1. The van der Waals surface area contributed by atoms with Gasteiger partial charge >= 0.3 is 0 Å². The van der Waals surface area contributed by atoms with E-state index in [2.05, 4.69) is 26.2 Å². The zero-order valence-electron chi connectivity index (χ0n) is 21.7. The highest BCUT2D eigenvalue weighted by atomic mass is 32.2. The average Bonchev–Trinajstić information content (AvgIpc) is 3.71. The number of hydrogen-bond acceptors (Lipinski definition) is 7. The van der Waals surface area contributed by atoms with Crippen LogP contribution in [0.3, 0.4) is 0 Å². The van der Waals surface area contributed by atoms with Gasteiger partial charge < -0.3 is 10.0 Å². The molecule has 0 spiro atoms. The van der Waals surface area contributed by atoms with Gasteiger partial charge in [0.05, 0.1) is 10.7 Å². The molecule has 1 aromatic carbocycles. The van der Waals surface area contributed by atoms with Crippen LogP contribution in [0.4, 0.5) is 5.82 Å². The highest BCUT2D eigenvalue weighted by Gasteiger charge is 2.30. The fraction of sp³-hybridized carbons (Fsp3) is 0.536. The summed E-state index contributed by atoms with van der Waals surface area (Å²) >= 11 is 0. The van der Waals surface area contributed by atoms with Crippen LogP contribution in [0, 0.1) is 12.8 Å². The van der Waals surface area contributed by atoms with Gasteiger partial charge in [-0.15, -0.1) is 0 Å². The van der Waals surface area contributed by atoms with Crippen LogP contribution in [-0.2, 0) is 16.4 Å². The summed E-state index contributed by atoms with van der Waals surface area (Å²) in [5.41, 5.74) is 1.89. The molecule has 200 valence electrons. The quantitative estimate of drug-likeness (QED) is 0.217. The monoisotopic (exact) mass is 526 g/mol. The molecule has 2 saturated carbocycles. The lowest BCUT2D eigenvalue weighted by atomic mass is 9.94. The van der Waals surface area contributed by atoms with Crippen LogP contribution < -0.4 is 9.62 Å². The molecule has 0 amide bonds. The summed E-state index contributed by atoms with van der Waals surface area (Å²) in [6, 6.07) is 7.11. The molecule has 1 heterocycles. The lowest BCUT2D eigenvalue weighted by Crippen LogP contribution is -2.39. The van der Waals surface area contributed by atoms with E-state index in [-0.39, 0.29) is 29.4 Å². The third-order valence-electron chi connectivity index (χ3n) is 7.31. The van der Waals surface area contributed by atoms with Crippen molar-refractivity contribution < 1.29 is 18.3 Å². The molecular formula is C28H38N4O4S. The van der Waals surface area contributed by atoms with Crippen molar-refractivity contribution in [2.24, 2.45) is 5.92 Å². The molecule has 0 saturated heterocycles. The second-order valence-electron chi connectivity index (χ2n) is 10.4. The van der Waals surface area contributed by atoms with Crippen LogP contribution in [0.25, 0.3) is 0 Å². The predicted octanol–water partition coefficient (Wildman–Crippen LogP) is 4.89. The predicted molar refractivity (Wildman–Crippen MR) is 144 cm³/mol. The number of sulfonamides is 1.